The zero-order valence-electron chi connectivity index (χ0n) is 21.5. The smallest absolute Gasteiger partial charge is 0.348 e. The summed E-state index contributed by atoms with van der Waals surface area (Å²) in [7, 11) is 0. The van der Waals surface area contributed by atoms with Crippen LogP contribution in [-0.2, 0) is 19.3 Å². The zero-order valence-corrected chi connectivity index (χ0v) is 22.3. The highest BCUT2D eigenvalue weighted by atomic mass is 32.2. The van der Waals surface area contributed by atoms with Gasteiger partial charge in [-0.15, -0.1) is 11.8 Å². The van der Waals surface area contributed by atoms with E-state index in [-0.39, 0.29) is 23.9 Å². The van der Waals surface area contributed by atoms with Gasteiger partial charge >= 0.3 is 6.18 Å². The highest BCUT2D eigenvalue weighted by Gasteiger charge is 2.39. The van der Waals surface area contributed by atoms with Crippen molar-refractivity contribution >= 4 is 17.7 Å². The van der Waals surface area contributed by atoms with Gasteiger partial charge in [-0.2, -0.15) is 13.2 Å². The number of amides is 1. The van der Waals surface area contributed by atoms with Crippen LogP contribution in [-0.4, -0.2) is 21.5 Å². The van der Waals surface area contributed by atoms with Gasteiger partial charge in [0.2, 0.25) is 0 Å². The summed E-state index contributed by atoms with van der Waals surface area (Å²) in [5.74, 6) is 1.06. The molecule has 0 aliphatic carbocycles. The predicted molar refractivity (Wildman–Crippen MR) is 141 cm³/mol. The van der Waals surface area contributed by atoms with Gasteiger partial charge in [-0.05, 0) is 65.6 Å². The van der Waals surface area contributed by atoms with E-state index in [0.29, 0.717) is 18.7 Å². The highest BCUT2D eigenvalue weighted by molar-refractivity contribution is 7.99. The second-order valence-electron chi connectivity index (χ2n) is 9.69. The Hall–Kier alpha value is -2.84. The third-order valence-electron chi connectivity index (χ3n) is 6.76. The molecule has 1 aromatic heterocycles. The van der Waals surface area contributed by atoms with Crippen molar-refractivity contribution in [2.75, 3.05) is 5.75 Å². The number of alkyl halides is 3. The lowest BCUT2D eigenvalue weighted by Crippen LogP contribution is -2.28. The Kier molecular flexibility index (Phi) is 8.29. The molecular weight excluding hydrogens is 495 g/mol. The maximum absolute atomic E-state index is 13.0. The Bertz CT molecular complexity index is 1230. The number of carbonyl (C=O) groups is 1. The number of nitrogens with one attached hydrogen (secondary N) is 1. The molecule has 0 fully saturated rings. The van der Waals surface area contributed by atoms with Gasteiger partial charge in [0.1, 0.15) is 0 Å². The van der Waals surface area contributed by atoms with Crippen molar-refractivity contribution in [1.82, 2.24) is 15.2 Å². The van der Waals surface area contributed by atoms with Crippen LogP contribution in [0.5, 0.6) is 0 Å². The van der Waals surface area contributed by atoms with Crippen molar-refractivity contribution in [3.05, 3.63) is 94.3 Å². The first-order valence-electron chi connectivity index (χ1n) is 12.5. The molecule has 0 bridgehead atoms. The minimum absolute atomic E-state index is 0.00362. The topological polar surface area (TPSA) is 45.2 Å². The third-order valence-corrected chi connectivity index (χ3v) is 7.66. The number of hydrogen-bond acceptors (Lipinski definition) is 4. The monoisotopic (exact) mass is 527 g/mol. The molecule has 0 saturated heterocycles. The summed E-state index contributed by atoms with van der Waals surface area (Å²) in [5, 5.41) is 2.98. The van der Waals surface area contributed by atoms with E-state index in [4.69, 9.17) is 4.98 Å². The zero-order chi connectivity index (χ0) is 26.7. The van der Waals surface area contributed by atoms with Crippen molar-refractivity contribution < 1.29 is 18.0 Å². The SMILES string of the molecule is CCSc1ccc(CNC(=O)c2cnc3c(c2)C(C)N(Cc2ccc(C(F)(F)F)cc2)C3C(C)C)cc1. The number of carbonyl (C=O) groups excluding carboxylic acids is 1. The molecule has 2 heterocycles. The molecule has 0 spiro atoms. The number of benzene rings is 2. The fourth-order valence-electron chi connectivity index (χ4n) is 4.87. The summed E-state index contributed by atoms with van der Waals surface area (Å²) in [6.45, 7) is 9.31. The second kappa shape index (κ2) is 11.3. The minimum atomic E-state index is -4.35. The molecule has 3 aromatic rings. The van der Waals surface area contributed by atoms with Crippen LogP contribution in [0.15, 0.2) is 65.7 Å². The fourth-order valence-corrected chi connectivity index (χ4v) is 5.54. The first-order chi connectivity index (χ1) is 17.6. The molecule has 37 heavy (non-hydrogen) atoms. The number of halogens is 3. The molecule has 2 unspecified atom stereocenters. The van der Waals surface area contributed by atoms with Crippen LogP contribution in [0.1, 0.15) is 78.1 Å². The first-order valence-corrected chi connectivity index (χ1v) is 13.5. The largest absolute Gasteiger partial charge is 0.416 e. The van der Waals surface area contributed by atoms with Gasteiger partial charge in [-0.1, -0.05) is 45.0 Å². The molecule has 1 N–H and O–H groups in total. The van der Waals surface area contributed by atoms with Crippen LogP contribution in [0.25, 0.3) is 0 Å². The second-order valence-corrected chi connectivity index (χ2v) is 11.0. The molecule has 196 valence electrons. The quantitative estimate of drug-likeness (QED) is 0.310. The van der Waals surface area contributed by atoms with Gasteiger partial charge in [0.25, 0.3) is 5.91 Å². The summed E-state index contributed by atoms with van der Waals surface area (Å²) >= 11 is 1.78. The Morgan fingerprint density at radius 1 is 1.08 bits per heavy atom. The van der Waals surface area contributed by atoms with Crippen molar-refractivity contribution in [2.45, 2.75) is 63.9 Å². The molecule has 2 atom stereocenters. The van der Waals surface area contributed by atoms with Crippen molar-refractivity contribution in [1.29, 1.82) is 0 Å². The third kappa shape index (κ3) is 6.18. The van der Waals surface area contributed by atoms with E-state index in [1.165, 1.54) is 17.0 Å². The maximum atomic E-state index is 13.0. The van der Waals surface area contributed by atoms with Crippen molar-refractivity contribution in [2.24, 2.45) is 5.92 Å². The lowest BCUT2D eigenvalue weighted by atomic mass is 9.99. The normalized spacial score (nSPS) is 17.7. The average molecular weight is 528 g/mol. The van der Waals surface area contributed by atoms with Gasteiger partial charge in [-0.3, -0.25) is 14.7 Å². The van der Waals surface area contributed by atoms with Crippen LogP contribution >= 0.6 is 11.8 Å². The van der Waals surface area contributed by atoms with Crippen molar-refractivity contribution in [3.8, 4) is 0 Å². The van der Waals surface area contributed by atoms with Crippen molar-refractivity contribution in [3.63, 3.8) is 0 Å². The van der Waals surface area contributed by atoms with Crippen LogP contribution in [0.3, 0.4) is 0 Å². The molecule has 8 heteroatoms. The number of nitrogens with zero attached hydrogens (tertiary/aromatic N) is 2. The molecule has 2 aromatic carbocycles. The molecule has 4 nitrogen and oxygen atoms in total. The number of pyridine rings is 1. The summed E-state index contributed by atoms with van der Waals surface area (Å²) in [6.07, 6.45) is -2.73. The molecular formula is C29H32F3N3OS. The van der Waals surface area contributed by atoms with Crippen LogP contribution in [0.4, 0.5) is 13.2 Å². The van der Waals surface area contributed by atoms with Crippen LogP contribution in [0, 0.1) is 5.92 Å². The number of hydrogen-bond donors (Lipinski definition) is 1. The molecule has 1 aliphatic rings. The lowest BCUT2D eigenvalue weighted by Gasteiger charge is -2.31. The molecule has 1 amide bonds. The van der Waals surface area contributed by atoms with E-state index in [0.717, 1.165) is 40.3 Å². The lowest BCUT2D eigenvalue weighted by molar-refractivity contribution is -0.137. The van der Waals surface area contributed by atoms with E-state index in [2.05, 4.69) is 50.0 Å². The Labute approximate surface area is 220 Å². The van der Waals surface area contributed by atoms with Crippen LogP contribution in [0.2, 0.25) is 0 Å². The van der Waals surface area contributed by atoms with Gasteiger partial charge in [0.05, 0.1) is 22.9 Å². The molecule has 4 rings (SSSR count). The summed E-state index contributed by atoms with van der Waals surface area (Å²) < 4.78 is 38.9. The number of rotatable bonds is 8. The van der Waals surface area contributed by atoms with E-state index in [1.54, 1.807) is 18.0 Å². The van der Waals surface area contributed by atoms with E-state index >= 15 is 0 Å². The number of aromatic nitrogens is 1. The van der Waals surface area contributed by atoms with Gasteiger partial charge in [0, 0.05) is 30.2 Å². The summed E-state index contributed by atoms with van der Waals surface area (Å²) in [6, 6.07) is 15.4. The highest BCUT2D eigenvalue weighted by Crippen LogP contribution is 2.45. The average Bonchev–Trinajstić information content (AvgIpc) is 3.14. The Morgan fingerprint density at radius 2 is 1.73 bits per heavy atom. The maximum Gasteiger partial charge on any atom is 0.416 e. The standard InChI is InChI=1S/C29H32F3N3OS/c1-5-37-24-12-8-20(9-13-24)15-34-28(36)22-14-25-19(4)35(27(18(2)3)26(25)33-16-22)17-21-6-10-23(11-7-21)29(30,31)32/h6-14,16,18-19,27H,5,15,17H2,1-4H3,(H,34,36). The van der Waals surface area contributed by atoms with Crippen LogP contribution < -0.4 is 5.32 Å². The van der Waals surface area contributed by atoms with Gasteiger partial charge in [-0.25, -0.2) is 0 Å². The number of thioether (sulfide) groups is 1. The Morgan fingerprint density at radius 3 is 2.32 bits per heavy atom. The van der Waals surface area contributed by atoms with E-state index in [1.807, 2.05) is 18.2 Å². The fraction of sp³-hybridized carbons (Fsp3) is 0.379. The molecule has 0 radical (unpaired) electrons. The molecule has 1 aliphatic heterocycles. The van der Waals surface area contributed by atoms with E-state index in [9.17, 15) is 18.0 Å². The first kappa shape index (κ1) is 27.2. The van der Waals surface area contributed by atoms with Gasteiger partial charge < -0.3 is 5.32 Å². The van der Waals surface area contributed by atoms with E-state index < -0.39 is 11.7 Å². The van der Waals surface area contributed by atoms with Gasteiger partial charge in [0.15, 0.2) is 0 Å². The number of fused-ring (bicyclic) bond motifs is 1. The Balaban J connectivity index is 1.48. The predicted octanol–water partition coefficient (Wildman–Crippen LogP) is 7.42. The summed E-state index contributed by atoms with van der Waals surface area (Å²) in [4.78, 5) is 21.1. The summed E-state index contributed by atoms with van der Waals surface area (Å²) in [5.41, 5.74) is 3.60. The molecule has 0 saturated carbocycles. The minimum Gasteiger partial charge on any atom is -0.348 e.